The summed E-state index contributed by atoms with van der Waals surface area (Å²) in [4.78, 5) is 0. The molecule has 13 heavy (non-hydrogen) atoms. The third-order valence-corrected chi connectivity index (χ3v) is 3.48. The molecule has 0 saturated carbocycles. The molecule has 1 fully saturated rings. The molecule has 1 aliphatic heterocycles. The van der Waals surface area contributed by atoms with E-state index in [1.54, 1.807) is 0 Å². The quantitative estimate of drug-likeness (QED) is 0.739. The Balaban J connectivity index is 2.54. The predicted molar refractivity (Wildman–Crippen MR) is 59.4 cm³/mol. The second kappa shape index (κ2) is 4.67. The van der Waals surface area contributed by atoms with Crippen LogP contribution in [0.4, 0.5) is 0 Å². The largest absolute Gasteiger partial charge is 0.375 e. The van der Waals surface area contributed by atoms with Crippen LogP contribution in [0.25, 0.3) is 0 Å². The van der Waals surface area contributed by atoms with Crippen molar-refractivity contribution in [1.29, 1.82) is 0 Å². The first-order valence-corrected chi connectivity index (χ1v) is 6.08. The average molecular weight is 203 g/mol. The second-order valence-corrected chi connectivity index (χ2v) is 5.77. The summed E-state index contributed by atoms with van der Waals surface area (Å²) in [6.45, 7) is 7.69. The van der Waals surface area contributed by atoms with Crippen molar-refractivity contribution in [2.24, 2.45) is 5.41 Å². The Morgan fingerprint density at radius 1 is 1.46 bits per heavy atom. The van der Waals surface area contributed by atoms with E-state index in [-0.39, 0.29) is 5.41 Å². The monoisotopic (exact) mass is 203 g/mol. The third kappa shape index (κ3) is 3.15. The van der Waals surface area contributed by atoms with Crippen molar-refractivity contribution in [3.63, 3.8) is 0 Å². The van der Waals surface area contributed by atoms with Crippen LogP contribution in [0, 0.1) is 5.41 Å². The zero-order valence-electron chi connectivity index (χ0n) is 9.09. The molecule has 2 atom stereocenters. The van der Waals surface area contributed by atoms with Crippen LogP contribution >= 0.6 is 11.8 Å². The van der Waals surface area contributed by atoms with Gasteiger partial charge in [0.2, 0.25) is 0 Å². The van der Waals surface area contributed by atoms with E-state index in [0.717, 1.165) is 18.1 Å². The highest BCUT2D eigenvalue weighted by Gasteiger charge is 2.32. The molecule has 78 valence electrons. The molecule has 1 saturated heterocycles. The first kappa shape index (κ1) is 11.3. The molecule has 0 amide bonds. The van der Waals surface area contributed by atoms with E-state index in [9.17, 15) is 0 Å². The fourth-order valence-corrected chi connectivity index (χ4v) is 2.78. The number of nitrogens with one attached hydrogen (secondary N) is 1. The number of hydrogen-bond acceptors (Lipinski definition) is 3. The summed E-state index contributed by atoms with van der Waals surface area (Å²) in [5, 5.41) is 3.37. The lowest BCUT2D eigenvalue weighted by molar-refractivity contribution is 0.0171. The van der Waals surface area contributed by atoms with Crippen LogP contribution in [0.1, 0.15) is 20.8 Å². The highest BCUT2D eigenvalue weighted by atomic mass is 32.2. The van der Waals surface area contributed by atoms with Gasteiger partial charge in [0, 0.05) is 17.5 Å². The molecule has 1 heterocycles. The first-order chi connectivity index (χ1) is 6.05. The maximum Gasteiger partial charge on any atom is 0.0823 e. The number of thioether (sulfide) groups is 1. The van der Waals surface area contributed by atoms with Crippen LogP contribution in [-0.2, 0) is 4.74 Å². The Labute approximate surface area is 85.8 Å². The normalized spacial score (nSPS) is 27.2. The lowest BCUT2D eigenvalue weighted by atomic mass is 9.84. The van der Waals surface area contributed by atoms with Gasteiger partial charge in [-0.15, -0.1) is 0 Å². The molecule has 2 unspecified atom stereocenters. The number of likely N-dealkylation sites (N-methyl/N-ethyl adjacent to an activating group) is 1. The highest BCUT2D eigenvalue weighted by molar-refractivity contribution is 7.99. The fourth-order valence-electron chi connectivity index (χ4n) is 1.88. The van der Waals surface area contributed by atoms with Gasteiger partial charge >= 0.3 is 0 Å². The van der Waals surface area contributed by atoms with Crippen molar-refractivity contribution in [3.05, 3.63) is 0 Å². The van der Waals surface area contributed by atoms with E-state index >= 15 is 0 Å². The van der Waals surface area contributed by atoms with Gasteiger partial charge in [-0.05, 0) is 12.5 Å². The topological polar surface area (TPSA) is 21.3 Å². The summed E-state index contributed by atoms with van der Waals surface area (Å²) in [5.41, 5.74) is 0.275. The molecule has 0 radical (unpaired) electrons. The highest BCUT2D eigenvalue weighted by Crippen LogP contribution is 2.27. The molecule has 0 spiro atoms. The van der Waals surface area contributed by atoms with Crippen molar-refractivity contribution in [3.8, 4) is 0 Å². The maximum atomic E-state index is 5.77. The summed E-state index contributed by atoms with van der Waals surface area (Å²) in [5.74, 6) is 2.28. The molecule has 2 nitrogen and oxygen atoms in total. The first-order valence-electron chi connectivity index (χ1n) is 4.92. The Kier molecular flexibility index (Phi) is 4.07. The van der Waals surface area contributed by atoms with E-state index in [0.29, 0.717) is 12.1 Å². The van der Waals surface area contributed by atoms with Gasteiger partial charge in [-0.2, -0.15) is 11.8 Å². The summed E-state index contributed by atoms with van der Waals surface area (Å²) < 4.78 is 5.77. The average Bonchev–Trinajstić information content (AvgIpc) is 2.05. The summed E-state index contributed by atoms with van der Waals surface area (Å²) >= 11 is 2.00. The zero-order valence-corrected chi connectivity index (χ0v) is 9.91. The molecule has 0 bridgehead atoms. The van der Waals surface area contributed by atoms with Crippen LogP contribution < -0.4 is 5.32 Å². The molecule has 0 aromatic rings. The fraction of sp³-hybridized carbons (Fsp3) is 1.00. The predicted octanol–water partition coefficient (Wildman–Crippen LogP) is 1.75. The Morgan fingerprint density at radius 2 is 2.15 bits per heavy atom. The van der Waals surface area contributed by atoms with Crippen molar-refractivity contribution in [2.75, 3.05) is 25.2 Å². The molecule has 0 aromatic heterocycles. The number of hydrogen-bond donors (Lipinski definition) is 1. The number of ether oxygens (including phenoxy) is 1. The SMILES string of the molecule is CNC(C1CSCCO1)C(C)(C)C. The molecule has 3 heteroatoms. The maximum absolute atomic E-state index is 5.77. The molecule has 0 aromatic carbocycles. The third-order valence-electron chi connectivity index (χ3n) is 2.46. The molecular formula is C10H21NOS. The van der Waals surface area contributed by atoms with Gasteiger partial charge in [0.15, 0.2) is 0 Å². The van der Waals surface area contributed by atoms with E-state index < -0.39 is 0 Å². The molecule has 1 aliphatic rings. The van der Waals surface area contributed by atoms with Gasteiger partial charge in [0.1, 0.15) is 0 Å². The van der Waals surface area contributed by atoms with Crippen LogP contribution in [0.15, 0.2) is 0 Å². The smallest absolute Gasteiger partial charge is 0.0823 e. The Bertz CT molecular complexity index is 149. The number of rotatable bonds is 2. The minimum absolute atomic E-state index is 0.275. The summed E-state index contributed by atoms with van der Waals surface area (Å²) in [6.07, 6.45) is 0.378. The van der Waals surface area contributed by atoms with Crippen molar-refractivity contribution >= 4 is 11.8 Å². The minimum Gasteiger partial charge on any atom is -0.375 e. The van der Waals surface area contributed by atoms with Crippen molar-refractivity contribution in [1.82, 2.24) is 5.32 Å². The summed E-state index contributed by atoms with van der Waals surface area (Å²) in [7, 11) is 2.03. The Morgan fingerprint density at radius 3 is 2.54 bits per heavy atom. The van der Waals surface area contributed by atoms with Gasteiger partial charge < -0.3 is 10.1 Å². The van der Waals surface area contributed by atoms with E-state index in [4.69, 9.17) is 4.74 Å². The standard InChI is InChI=1S/C10H21NOS/c1-10(2,3)9(11-4)8-7-13-6-5-12-8/h8-9,11H,5-7H2,1-4H3. The van der Waals surface area contributed by atoms with Gasteiger partial charge in [0.05, 0.1) is 12.7 Å². The van der Waals surface area contributed by atoms with Gasteiger partial charge in [-0.25, -0.2) is 0 Å². The lowest BCUT2D eigenvalue weighted by Crippen LogP contribution is -2.50. The zero-order chi connectivity index (χ0) is 9.90. The van der Waals surface area contributed by atoms with Crippen LogP contribution in [0.3, 0.4) is 0 Å². The van der Waals surface area contributed by atoms with Gasteiger partial charge in [0.25, 0.3) is 0 Å². The Hall–Kier alpha value is 0.270. The molecule has 1 rings (SSSR count). The van der Waals surface area contributed by atoms with Crippen LogP contribution in [-0.4, -0.2) is 37.3 Å². The summed E-state index contributed by atoms with van der Waals surface area (Å²) in [6, 6.07) is 0.459. The van der Waals surface area contributed by atoms with Crippen molar-refractivity contribution < 1.29 is 4.74 Å². The molecule has 0 aliphatic carbocycles. The second-order valence-electron chi connectivity index (χ2n) is 4.62. The van der Waals surface area contributed by atoms with E-state index in [1.165, 1.54) is 0 Å². The van der Waals surface area contributed by atoms with E-state index in [2.05, 4.69) is 26.1 Å². The van der Waals surface area contributed by atoms with Gasteiger partial charge in [-0.3, -0.25) is 0 Å². The minimum atomic E-state index is 0.275. The van der Waals surface area contributed by atoms with Crippen LogP contribution in [0.5, 0.6) is 0 Å². The lowest BCUT2D eigenvalue weighted by Gasteiger charge is -2.38. The van der Waals surface area contributed by atoms with Crippen molar-refractivity contribution in [2.45, 2.75) is 32.9 Å². The molecule has 1 N–H and O–H groups in total. The van der Waals surface area contributed by atoms with Crippen LogP contribution in [0.2, 0.25) is 0 Å². The van der Waals surface area contributed by atoms with E-state index in [1.807, 2.05) is 18.8 Å². The molecular weight excluding hydrogens is 182 g/mol. The van der Waals surface area contributed by atoms with Gasteiger partial charge in [-0.1, -0.05) is 20.8 Å².